The van der Waals surface area contributed by atoms with Crippen LogP contribution in [0.25, 0.3) is 0 Å². The highest BCUT2D eigenvalue weighted by atomic mass is 16.3. The number of amides is 3. The molecule has 0 aliphatic heterocycles. The monoisotopic (exact) mass is 489 g/mol. The fourth-order valence-corrected chi connectivity index (χ4v) is 3.87. The lowest BCUT2D eigenvalue weighted by atomic mass is 9.96. The first-order valence-electron chi connectivity index (χ1n) is 12.1. The van der Waals surface area contributed by atoms with Crippen molar-refractivity contribution in [2.24, 2.45) is 0 Å². The lowest BCUT2D eigenvalue weighted by Gasteiger charge is -2.34. The highest BCUT2D eigenvalue weighted by Crippen LogP contribution is 2.30. The summed E-state index contributed by atoms with van der Waals surface area (Å²) in [4.78, 5) is 41.3. The third kappa shape index (κ3) is 6.84. The molecule has 190 valence electrons. The number of nitrogens with one attached hydrogen (secondary N) is 2. The van der Waals surface area contributed by atoms with E-state index in [1.54, 1.807) is 12.1 Å². The van der Waals surface area contributed by atoms with Gasteiger partial charge in [-0.1, -0.05) is 50.2 Å². The van der Waals surface area contributed by atoms with Gasteiger partial charge in [-0.2, -0.15) is 0 Å². The van der Waals surface area contributed by atoms with E-state index in [-0.39, 0.29) is 18.2 Å². The molecule has 1 aromatic heterocycles. The maximum atomic E-state index is 13.7. The summed E-state index contributed by atoms with van der Waals surface area (Å²) in [7, 11) is 0. The van der Waals surface area contributed by atoms with Gasteiger partial charge in [0.1, 0.15) is 6.04 Å². The van der Waals surface area contributed by atoms with E-state index in [9.17, 15) is 14.4 Å². The summed E-state index contributed by atoms with van der Waals surface area (Å²) in [6.45, 7) is 11.5. The second kappa shape index (κ2) is 11.2. The lowest BCUT2D eigenvalue weighted by molar-refractivity contribution is -0.127. The van der Waals surface area contributed by atoms with Crippen molar-refractivity contribution in [2.45, 2.75) is 59.0 Å². The van der Waals surface area contributed by atoms with Gasteiger partial charge in [0.25, 0.3) is 5.91 Å². The molecule has 3 amide bonds. The Kier molecular flexibility index (Phi) is 8.35. The molecule has 0 aliphatic rings. The van der Waals surface area contributed by atoms with Crippen molar-refractivity contribution >= 4 is 23.4 Å². The zero-order valence-corrected chi connectivity index (χ0v) is 21.8. The van der Waals surface area contributed by atoms with Crippen LogP contribution in [0.4, 0.5) is 5.69 Å². The van der Waals surface area contributed by atoms with Gasteiger partial charge < -0.3 is 15.1 Å². The normalized spacial score (nSPS) is 12.2. The number of hydrogen-bond acceptors (Lipinski definition) is 4. The number of carbonyl (C=O) groups is 3. The predicted molar refractivity (Wildman–Crippen MR) is 141 cm³/mol. The molecule has 7 heteroatoms. The zero-order chi connectivity index (χ0) is 26.5. The summed E-state index contributed by atoms with van der Waals surface area (Å²) in [5.74, 6) is -0.813. The van der Waals surface area contributed by atoms with Crippen LogP contribution < -0.4 is 15.5 Å². The van der Waals surface area contributed by atoms with Gasteiger partial charge in [-0.25, -0.2) is 0 Å². The number of aryl methyl sites for hydroxylation is 1. The van der Waals surface area contributed by atoms with Crippen molar-refractivity contribution in [3.8, 4) is 0 Å². The molecule has 0 fully saturated rings. The zero-order valence-electron chi connectivity index (χ0n) is 21.8. The standard InChI is InChI=1S/C29H35N3O4/c1-19(2)21-12-14-22(15-13-21)26(28(35)31-29(4,5)6)32(23-10-7-9-20(3)17-23)25(33)18-30-27(34)24-11-8-16-36-24/h7-17,19,26H,18H2,1-6H3,(H,30,34)(H,31,35)/t26-/m0/s1. The van der Waals surface area contributed by atoms with E-state index >= 15 is 0 Å². The molecule has 0 saturated carbocycles. The van der Waals surface area contributed by atoms with Crippen molar-refractivity contribution in [2.75, 3.05) is 11.4 Å². The quantitative estimate of drug-likeness (QED) is 0.459. The molecule has 3 rings (SSSR count). The van der Waals surface area contributed by atoms with Crippen LogP contribution in [0.3, 0.4) is 0 Å². The van der Waals surface area contributed by atoms with Crippen LogP contribution in [-0.4, -0.2) is 29.8 Å². The van der Waals surface area contributed by atoms with Crippen molar-refractivity contribution < 1.29 is 18.8 Å². The second-order valence-corrected chi connectivity index (χ2v) is 10.2. The maximum absolute atomic E-state index is 13.7. The molecule has 0 saturated heterocycles. The number of benzene rings is 2. The van der Waals surface area contributed by atoms with Crippen LogP contribution in [0.2, 0.25) is 0 Å². The Morgan fingerprint density at radius 3 is 2.17 bits per heavy atom. The van der Waals surface area contributed by atoms with Crippen LogP contribution >= 0.6 is 0 Å². The Balaban J connectivity index is 2.04. The fraction of sp³-hybridized carbons (Fsp3) is 0.345. The third-order valence-electron chi connectivity index (χ3n) is 5.62. The smallest absolute Gasteiger partial charge is 0.287 e. The van der Waals surface area contributed by atoms with Crippen LogP contribution in [0.15, 0.2) is 71.3 Å². The molecule has 0 aliphatic carbocycles. The molecule has 2 aromatic carbocycles. The molecule has 0 bridgehead atoms. The topological polar surface area (TPSA) is 91.7 Å². The predicted octanol–water partition coefficient (Wildman–Crippen LogP) is 5.13. The molecule has 2 N–H and O–H groups in total. The Morgan fingerprint density at radius 2 is 1.61 bits per heavy atom. The fourth-order valence-electron chi connectivity index (χ4n) is 3.87. The number of anilines is 1. The Labute approximate surface area is 212 Å². The second-order valence-electron chi connectivity index (χ2n) is 10.2. The van der Waals surface area contributed by atoms with Gasteiger partial charge in [0.15, 0.2) is 5.76 Å². The summed E-state index contributed by atoms with van der Waals surface area (Å²) < 4.78 is 5.13. The van der Waals surface area contributed by atoms with Crippen molar-refractivity contribution in [1.82, 2.24) is 10.6 Å². The number of carbonyl (C=O) groups excluding carboxylic acids is 3. The minimum absolute atomic E-state index is 0.108. The van der Waals surface area contributed by atoms with E-state index in [1.807, 2.05) is 70.2 Å². The molecule has 3 aromatic rings. The van der Waals surface area contributed by atoms with E-state index < -0.39 is 23.4 Å². The molecule has 1 atom stereocenters. The molecular formula is C29H35N3O4. The summed E-state index contributed by atoms with van der Waals surface area (Å²) in [5, 5.41) is 5.64. The molecular weight excluding hydrogens is 454 g/mol. The van der Waals surface area contributed by atoms with Gasteiger partial charge in [-0.15, -0.1) is 0 Å². The first-order valence-corrected chi connectivity index (χ1v) is 12.1. The number of nitrogens with zero attached hydrogens (tertiary/aromatic N) is 1. The van der Waals surface area contributed by atoms with Gasteiger partial charge in [-0.3, -0.25) is 19.3 Å². The Morgan fingerprint density at radius 1 is 0.944 bits per heavy atom. The van der Waals surface area contributed by atoms with Gasteiger partial charge in [0, 0.05) is 11.2 Å². The number of furan rings is 1. The highest BCUT2D eigenvalue weighted by Gasteiger charge is 2.34. The minimum Gasteiger partial charge on any atom is -0.459 e. The van der Waals surface area contributed by atoms with Gasteiger partial charge in [0.05, 0.1) is 12.8 Å². The molecule has 0 radical (unpaired) electrons. The molecule has 0 unspecified atom stereocenters. The molecule has 7 nitrogen and oxygen atoms in total. The summed E-state index contributed by atoms with van der Waals surface area (Å²) in [6.07, 6.45) is 1.39. The van der Waals surface area contributed by atoms with Crippen molar-refractivity contribution in [3.05, 3.63) is 89.4 Å². The van der Waals surface area contributed by atoms with Crippen molar-refractivity contribution in [1.29, 1.82) is 0 Å². The molecule has 1 heterocycles. The summed E-state index contributed by atoms with van der Waals surface area (Å²) in [5.41, 5.74) is 2.80. The van der Waals surface area contributed by atoms with Crippen LogP contribution in [0, 0.1) is 6.92 Å². The lowest BCUT2D eigenvalue weighted by Crippen LogP contribution is -2.51. The van der Waals surface area contributed by atoms with E-state index in [0.29, 0.717) is 17.2 Å². The third-order valence-corrected chi connectivity index (χ3v) is 5.62. The summed E-state index contributed by atoms with van der Waals surface area (Å²) in [6, 6.07) is 17.3. The average molecular weight is 490 g/mol. The first kappa shape index (κ1) is 26.7. The van der Waals surface area contributed by atoms with E-state index in [2.05, 4.69) is 24.5 Å². The van der Waals surface area contributed by atoms with E-state index in [1.165, 1.54) is 17.2 Å². The van der Waals surface area contributed by atoms with E-state index in [4.69, 9.17) is 4.42 Å². The maximum Gasteiger partial charge on any atom is 0.287 e. The van der Waals surface area contributed by atoms with Crippen LogP contribution in [0.1, 0.15) is 73.8 Å². The molecule has 0 spiro atoms. The highest BCUT2D eigenvalue weighted by molar-refractivity contribution is 6.04. The SMILES string of the molecule is Cc1cccc(N(C(=O)CNC(=O)c2ccco2)[C@H](C(=O)NC(C)(C)C)c2ccc(C(C)C)cc2)c1. The van der Waals surface area contributed by atoms with E-state index in [0.717, 1.165) is 11.1 Å². The number of hydrogen-bond donors (Lipinski definition) is 2. The van der Waals surface area contributed by atoms with Crippen LogP contribution in [-0.2, 0) is 9.59 Å². The van der Waals surface area contributed by atoms with Crippen molar-refractivity contribution in [3.63, 3.8) is 0 Å². The van der Waals surface area contributed by atoms with Crippen LogP contribution in [0.5, 0.6) is 0 Å². The summed E-state index contributed by atoms with van der Waals surface area (Å²) >= 11 is 0. The largest absolute Gasteiger partial charge is 0.459 e. The Hall–Kier alpha value is -3.87. The average Bonchev–Trinajstić information content (AvgIpc) is 3.34. The van der Waals surface area contributed by atoms with Gasteiger partial charge in [0.2, 0.25) is 11.8 Å². The molecule has 36 heavy (non-hydrogen) atoms. The first-order chi connectivity index (χ1) is 17.0. The minimum atomic E-state index is -0.944. The van der Waals surface area contributed by atoms with Gasteiger partial charge >= 0.3 is 0 Å². The van der Waals surface area contributed by atoms with Gasteiger partial charge in [-0.05, 0) is 74.6 Å². The number of rotatable bonds is 8. The Bertz CT molecular complexity index is 1190.